The zero-order chi connectivity index (χ0) is 45.5. The van der Waals surface area contributed by atoms with Crippen molar-refractivity contribution in [2.45, 2.75) is 27.7 Å². The van der Waals surface area contributed by atoms with E-state index in [0.29, 0.717) is 0 Å². The molecule has 0 aromatic heterocycles. The third-order valence-corrected chi connectivity index (χ3v) is 13.7. The summed E-state index contributed by atoms with van der Waals surface area (Å²) in [4.78, 5) is 0. The lowest BCUT2D eigenvalue weighted by Gasteiger charge is -2.19. The van der Waals surface area contributed by atoms with Gasteiger partial charge in [-0.25, -0.2) is 0 Å². The summed E-state index contributed by atoms with van der Waals surface area (Å²) in [7, 11) is 0. The molecule has 0 aliphatic carbocycles. The molecule has 0 nitrogen and oxygen atoms in total. The number of hydrogen-bond donors (Lipinski definition) is 0. The van der Waals surface area contributed by atoms with Crippen LogP contribution in [-0.4, -0.2) is 0 Å². The van der Waals surface area contributed by atoms with Crippen LogP contribution in [0, 0.1) is 13.8 Å². The van der Waals surface area contributed by atoms with E-state index in [0.717, 1.165) is 39.0 Å². The molecule has 0 radical (unpaired) electrons. The highest BCUT2D eigenvalue weighted by Gasteiger charge is 2.19. The van der Waals surface area contributed by atoms with Gasteiger partial charge in [-0.1, -0.05) is 177 Å². The molecule has 0 fully saturated rings. The van der Waals surface area contributed by atoms with Crippen molar-refractivity contribution in [1.29, 1.82) is 0 Å². The summed E-state index contributed by atoms with van der Waals surface area (Å²) >= 11 is 0. The molecule has 0 heteroatoms. The second-order valence-electron chi connectivity index (χ2n) is 17.5. The van der Waals surface area contributed by atoms with Crippen molar-refractivity contribution in [3.05, 3.63) is 247 Å². The van der Waals surface area contributed by atoms with E-state index in [9.17, 15) is 0 Å². The van der Waals surface area contributed by atoms with Crippen LogP contribution < -0.4 is 10.4 Å². The second-order valence-corrected chi connectivity index (χ2v) is 17.5. The van der Waals surface area contributed by atoms with Crippen LogP contribution in [0.15, 0.2) is 220 Å². The average molecular weight is 845 g/mol. The summed E-state index contributed by atoms with van der Waals surface area (Å²) in [5, 5.41) is 9.91. The lowest BCUT2D eigenvalue weighted by atomic mass is 9.84. The highest BCUT2D eigenvalue weighted by Crippen LogP contribution is 2.40. The summed E-state index contributed by atoms with van der Waals surface area (Å²) < 4.78 is 0. The Kier molecular flexibility index (Phi) is 11.1. The molecule has 0 unspecified atom stereocenters. The van der Waals surface area contributed by atoms with Crippen molar-refractivity contribution in [3.8, 4) is 66.8 Å². The fourth-order valence-electron chi connectivity index (χ4n) is 10.1. The molecule has 0 aliphatic heterocycles. The fraction of sp³-hybridized carbons (Fsp3) is 0.0606. The van der Waals surface area contributed by atoms with Crippen molar-refractivity contribution in [3.63, 3.8) is 0 Å². The molecule has 0 atom stereocenters. The van der Waals surface area contributed by atoms with E-state index in [1.807, 2.05) is 12.2 Å². The molecule has 0 saturated carbocycles. The Labute approximate surface area is 389 Å². The van der Waals surface area contributed by atoms with E-state index < -0.39 is 0 Å². The van der Waals surface area contributed by atoms with Crippen LogP contribution >= 0.6 is 0 Å². The molecule has 10 aromatic rings. The van der Waals surface area contributed by atoms with Crippen molar-refractivity contribution in [2.75, 3.05) is 0 Å². The Morgan fingerprint density at radius 2 is 0.833 bits per heavy atom. The Morgan fingerprint density at radius 1 is 0.379 bits per heavy atom. The van der Waals surface area contributed by atoms with Crippen LogP contribution in [0.5, 0.6) is 0 Å². The van der Waals surface area contributed by atoms with E-state index >= 15 is 0 Å². The standard InChI is InChI=1S/C66H52/c1-8-42(4)51-35-54(48-26-21-27-49(34-48)55-38-52(46-22-13-11-14-23-46)37-53(39-55)47-24-15-12-16-25-47)40-56(36-51)65-57(10-3)64(43(5)9-2)66(62-31-20-19-30-61(62)65)50-32-33-59-45(7)44(6)58-28-17-18-29-60(58)63(59)41-50/h8-41H,1-2,4H2,3,5-7H3. The molecule has 0 saturated heterocycles. The van der Waals surface area contributed by atoms with Gasteiger partial charge in [0.15, 0.2) is 0 Å². The first-order chi connectivity index (χ1) is 32.3. The molecular weight excluding hydrogens is 793 g/mol. The Balaban J connectivity index is 1.20. The molecule has 0 amide bonds. The highest BCUT2D eigenvalue weighted by atomic mass is 14.2. The van der Waals surface area contributed by atoms with Crippen molar-refractivity contribution < 1.29 is 0 Å². The van der Waals surface area contributed by atoms with Gasteiger partial charge in [0.1, 0.15) is 0 Å². The molecule has 0 heterocycles. The van der Waals surface area contributed by atoms with Crippen molar-refractivity contribution in [2.24, 2.45) is 0 Å². The van der Waals surface area contributed by atoms with Gasteiger partial charge in [-0.3, -0.25) is 0 Å². The fourth-order valence-corrected chi connectivity index (χ4v) is 10.1. The van der Waals surface area contributed by atoms with Gasteiger partial charge >= 0.3 is 0 Å². The van der Waals surface area contributed by atoms with E-state index in [-0.39, 0.29) is 0 Å². The summed E-state index contributed by atoms with van der Waals surface area (Å²) in [6.07, 6.45) is 6.16. The van der Waals surface area contributed by atoms with Gasteiger partial charge < -0.3 is 0 Å². The minimum Gasteiger partial charge on any atom is -0.0988 e. The molecular formula is C66H52. The van der Waals surface area contributed by atoms with Gasteiger partial charge in [-0.2, -0.15) is 0 Å². The summed E-state index contributed by atoms with van der Waals surface area (Å²) in [6, 6.07) is 69.0. The number of allylic oxidation sites excluding steroid dienone is 3. The van der Waals surface area contributed by atoms with Gasteiger partial charge in [-0.05, 0) is 214 Å². The van der Waals surface area contributed by atoms with Gasteiger partial charge in [0.25, 0.3) is 0 Å². The predicted octanol–water partition coefficient (Wildman–Crippen LogP) is 17.1. The minimum absolute atomic E-state index is 0.878. The quantitative estimate of drug-likeness (QED) is 0.100. The third-order valence-electron chi connectivity index (χ3n) is 13.7. The lowest BCUT2D eigenvalue weighted by Crippen LogP contribution is -2.31. The summed E-state index contributed by atoms with van der Waals surface area (Å²) in [5.74, 6) is 0. The zero-order valence-corrected chi connectivity index (χ0v) is 38.3. The van der Waals surface area contributed by atoms with Gasteiger partial charge in [0.05, 0.1) is 0 Å². The molecule has 66 heavy (non-hydrogen) atoms. The molecule has 316 valence electrons. The molecule has 0 N–H and O–H groups in total. The van der Waals surface area contributed by atoms with E-state index in [1.54, 1.807) is 0 Å². The molecule has 10 rings (SSSR count). The normalized spacial score (nSPS) is 12.2. The zero-order valence-electron chi connectivity index (χ0n) is 38.3. The van der Waals surface area contributed by atoms with Crippen LogP contribution in [0.2, 0.25) is 0 Å². The molecule has 10 aromatic carbocycles. The molecule has 0 aliphatic rings. The first kappa shape index (κ1) is 41.9. The van der Waals surface area contributed by atoms with E-state index in [1.165, 1.54) is 98.4 Å². The lowest BCUT2D eigenvalue weighted by molar-refractivity contribution is 1.41. The summed E-state index contributed by atoms with van der Waals surface area (Å²) in [6.45, 7) is 21.9. The first-order valence-electron chi connectivity index (χ1n) is 22.9. The van der Waals surface area contributed by atoms with Crippen LogP contribution in [0.4, 0.5) is 0 Å². The monoisotopic (exact) mass is 844 g/mol. The maximum absolute atomic E-state index is 4.49. The number of rotatable bonds is 9. The Bertz CT molecular complexity index is 3650. The Hall–Kier alpha value is -8.06. The predicted molar refractivity (Wildman–Crippen MR) is 289 cm³/mol. The number of benzene rings is 10. The third kappa shape index (κ3) is 7.41. The van der Waals surface area contributed by atoms with Crippen LogP contribution in [0.25, 0.3) is 116 Å². The molecule has 0 bridgehead atoms. The van der Waals surface area contributed by atoms with E-state index in [4.69, 9.17) is 0 Å². The van der Waals surface area contributed by atoms with Crippen LogP contribution in [-0.2, 0) is 0 Å². The van der Waals surface area contributed by atoms with Crippen LogP contribution in [0.1, 0.15) is 30.5 Å². The van der Waals surface area contributed by atoms with E-state index in [2.05, 4.69) is 242 Å². The average Bonchev–Trinajstić information content (AvgIpc) is 3.39. The maximum atomic E-state index is 4.49. The first-order valence-corrected chi connectivity index (χ1v) is 22.9. The highest BCUT2D eigenvalue weighted by molar-refractivity contribution is 6.13. The number of fused-ring (bicyclic) bond motifs is 4. The smallest absolute Gasteiger partial charge is 0.00236 e. The van der Waals surface area contributed by atoms with Crippen molar-refractivity contribution in [1.82, 2.24) is 0 Å². The SMILES string of the molecule is C=CC(=C)c1cc(-c2cccc(-c3cc(-c4ccccc4)cc(-c4ccccc4)c3)c2)cc(-c2c(=CC)c(=C(C)C=C)c(-c3ccc4c(C)c(C)c5ccccc5c4c3)c3ccccc23)c1. The van der Waals surface area contributed by atoms with Gasteiger partial charge in [0.2, 0.25) is 0 Å². The minimum atomic E-state index is 0.878. The topological polar surface area (TPSA) is 0 Å². The number of hydrogen-bond acceptors (Lipinski definition) is 0. The summed E-state index contributed by atoms with van der Waals surface area (Å²) in [5.41, 5.74) is 19.7. The second kappa shape index (κ2) is 17.5. The Morgan fingerprint density at radius 3 is 1.41 bits per heavy atom. The van der Waals surface area contributed by atoms with Crippen LogP contribution in [0.3, 0.4) is 0 Å². The largest absolute Gasteiger partial charge is 0.0988 e. The van der Waals surface area contributed by atoms with Crippen molar-refractivity contribution >= 4 is 49.5 Å². The number of aryl methyl sites for hydroxylation is 2. The maximum Gasteiger partial charge on any atom is -0.00236 e. The van der Waals surface area contributed by atoms with Gasteiger partial charge in [-0.15, -0.1) is 0 Å². The molecule has 0 spiro atoms. The van der Waals surface area contributed by atoms with Gasteiger partial charge in [0, 0.05) is 0 Å².